The standard InChI is InChI=1S/C7H18N3/c1-8-5-9(2)7-10(3,4)6-8/h5-7H2,1-4H3/q+1. The van der Waals surface area contributed by atoms with E-state index >= 15 is 0 Å². The van der Waals surface area contributed by atoms with Crippen LogP contribution in [-0.4, -0.2) is 62.5 Å². The van der Waals surface area contributed by atoms with Gasteiger partial charge >= 0.3 is 0 Å². The zero-order chi connectivity index (χ0) is 7.78. The normalized spacial score (nSPS) is 28.8. The Hall–Kier alpha value is -0.120. The van der Waals surface area contributed by atoms with Gasteiger partial charge in [0, 0.05) is 0 Å². The first-order valence-corrected chi connectivity index (χ1v) is 3.69. The van der Waals surface area contributed by atoms with Gasteiger partial charge in [-0.05, 0) is 14.1 Å². The van der Waals surface area contributed by atoms with Crippen LogP contribution in [0.1, 0.15) is 0 Å². The van der Waals surface area contributed by atoms with Crippen molar-refractivity contribution in [1.82, 2.24) is 9.80 Å². The second kappa shape index (κ2) is 2.49. The Balaban J connectivity index is 2.51. The second-order valence-corrected chi connectivity index (χ2v) is 4.07. The molecule has 1 aliphatic heterocycles. The molecule has 0 spiro atoms. The lowest BCUT2D eigenvalue weighted by Gasteiger charge is -2.42. The third-order valence-corrected chi connectivity index (χ3v) is 1.73. The number of rotatable bonds is 0. The molecule has 0 atom stereocenters. The zero-order valence-electron chi connectivity index (χ0n) is 7.46. The molecular weight excluding hydrogens is 126 g/mol. The molecule has 3 nitrogen and oxygen atoms in total. The minimum Gasteiger partial charge on any atom is -0.303 e. The molecule has 1 aliphatic rings. The van der Waals surface area contributed by atoms with Crippen molar-refractivity contribution in [3.8, 4) is 0 Å². The zero-order valence-corrected chi connectivity index (χ0v) is 7.46. The molecule has 1 fully saturated rings. The summed E-state index contributed by atoms with van der Waals surface area (Å²) in [7, 11) is 8.84. The Morgan fingerprint density at radius 2 is 1.40 bits per heavy atom. The smallest absolute Gasteiger partial charge is 0.136 e. The number of hydrogen-bond donors (Lipinski definition) is 0. The molecule has 0 unspecified atom stereocenters. The average molecular weight is 144 g/mol. The fourth-order valence-corrected chi connectivity index (χ4v) is 1.85. The summed E-state index contributed by atoms with van der Waals surface area (Å²) in [6.45, 7) is 3.41. The summed E-state index contributed by atoms with van der Waals surface area (Å²) in [6, 6.07) is 0. The van der Waals surface area contributed by atoms with Gasteiger partial charge in [0.1, 0.15) is 13.3 Å². The van der Waals surface area contributed by atoms with Crippen LogP contribution >= 0.6 is 0 Å². The molecule has 3 heteroatoms. The molecule has 0 N–H and O–H groups in total. The van der Waals surface area contributed by atoms with E-state index in [1.54, 1.807) is 0 Å². The molecule has 0 radical (unpaired) electrons. The fourth-order valence-electron chi connectivity index (χ4n) is 1.85. The molecule has 0 bridgehead atoms. The van der Waals surface area contributed by atoms with Crippen LogP contribution in [0, 0.1) is 0 Å². The molecule has 0 aliphatic carbocycles. The van der Waals surface area contributed by atoms with Gasteiger partial charge in [0.15, 0.2) is 0 Å². The Bertz CT molecular complexity index is 110. The Morgan fingerprint density at radius 3 is 1.70 bits per heavy atom. The Morgan fingerprint density at radius 1 is 1.00 bits per heavy atom. The lowest BCUT2D eigenvalue weighted by atomic mass is 10.5. The first-order chi connectivity index (χ1) is 4.49. The molecule has 0 aromatic carbocycles. The first-order valence-electron chi connectivity index (χ1n) is 3.69. The van der Waals surface area contributed by atoms with Crippen molar-refractivity contribution in [3.63, 3.8) is 0 Å². The monoisotopic (exact) mass is 144 g/mol. The lowest BCUT2D eigenvalue weighted by Crippen LogP contribution is -2.59. The molecule has 0 aromatic rings. The van der Waals surface area contributed by atoms with E-state index in [0.29, 0.717) is 0 Å². The molecule has 0 saturated carbocycles. The third-order valence-electron chi connectivity index (χ3n) is 1.73. The highest BCUT2D eigenvalue weighted by Gasteiger charge is 2.25. The molecule has 1 heterocycles. The van der Waals surface area contributed by atoms with Gasteiger partial charge in [0.2, 0.25) is 0 Å². The van der Waals surface area contributed by atoms with Gasteiger partial charge in [-0.3, -0.25) is 0 Å². The minimum absolute atomic E-state index is 1.08. The molecule has 1 rings (SSSR count). The van der Waals surface area contributed by atoms with Gasteiger partial charge in [0.25, 0.3) is 0 Å². The Kier molecular flexibility index (Phi) is 1.99. The van der Waals surface area contributed by atoms with E-state index in [1.165, 1.54) is 0 Å². The van der Waals surface area contributed by atoms with Crippen molar-refractivity contribution in [2.75, 3.05) is 48.2 Å². The van der Waals surface area contributed by atoms with Crippen LogP contribution in [0.4, 0.5) is 0 Å². The van der Waals surface area contributed by atoms with Crippen molar-refractivity contribution in [3.05, 3.63) is 0 Å². The summed E-state index contributed by atoms with van der Waals surface area (Å²) < 4.78 is 1.08. The van der Waals surface area contributed by atoms with Crippen LogP contribution in [0.3, 0.4) is 0 Å². The SMILES string of the molecule is CN1CN(C)C[N+](C)(C)C1. The summed E-state index contributed by atoms with van der Waals surface area (Å²) in [5.74, 6) is 0. The van der Waals surface area contributed by atoms with Crippen molar-refractivity contribution in [2.45, 2.75) is 0 Å². The second-order valence-electron chi connectivity index (χ2n) is 4.07. The minimum atomic E-state index is 1.08. The van der Waals surface area contributed by atoms with E-state index in [0.717, 1.165) is 24.5 Å². The molecule has 0 amide bonds. The van der Waals surface area contributed by atoms with Crippen molar-refractivity contribution in [1.29, 1.82) is 0 Å². The van der Waals surface area contributed by atoms with Crippen molar-refractivity contribution in [2.24, 2.45) is 0 Å². The summed E-state index contributed by atoms with van der Waals surface area (Å²) in [5, 5.41) is 0. The van der Waals surface area contributed by atoms with E-state index in [1.807, 2.05) is 0 Å². The summed E-state index contributed by atoms with van der Waals surface area (Å²) in [5.41, 5.74) is 0. The van der Waals surface area contributed by atoms with Crippen LogP contribution in [0.2, 0.25) is 0 Å². The van der Waals surface area contributed by atoms with E-state index in [2.05, 4.69) is 38.0 Å². The summed E-state index contributed by atoms with van der Waals surface area (Å²) >= 11 is 0. The number of hydrogen-bond acceptors (Lipinski definition) is 2. The van der Waals surface area contributed by atoms with Crippen LogP contribution in [-0.2, 0) is 0 Å². The third kappa shape index (κ3) is 1.94. The number of nitrogens with zero attached hydrogens (tertiary/aromatic N) is 3. The lowest BCUT2D eigenvalue weighted by molar-refractivity contribution is -0.917. The summed E-state index contributed by atoms with van der Waals surface area (Å²) in [4.78, 5) is 4.67. The molecule has 0 aromatic heterocycles. The molecule has 60 valence electrons. The van der Waals surface area contributed by atoms with E-state index in [4.69, 9.17) is 0 Å². The van der Waals surface area contributed by atoms with Gasteiger partial charge in [0.05, 0.1) is 20.8 Å². The van der Waals surface area contributed by atoms with Crippen molar-refractivity contribution < 1.29 is 4.48 Å². The van der Waals surface area contributed by atoms with E-state index < -0.39 is 0 Å². The van der Waals surface area contributed by atoms with Crippen molar-refractivity contribution >= 4 is 0 Å². The molecule has 10 heavy (non-hydrogen) atoms. The highest BCUT2D eigenvalue weighted by molar-refractivity contribution is 4.49. The highest BCUT2D eigenvalue weighted by Crippen LogP contribution is 2.07. The van der Waals surface area contributed by atoms with Crippen LogP contribution in [0.25, 0.3) is 0 Å². The first kappa shape index (κ1) is 7.98. The summed E-state index contributed by atoms with van der Waals surface area (Å²) in [6.07, 6.45) is 0. The predicted octanol–water partition coefficient (Wildman–Crippen LogP) is -0.187. The van der Waals surface area contributed by atoms with E-state index in [9.17, 15) is 0 Å². The Labute approximate surface area is 63.4 Å². The van der Waals surface area contributed by atoms with Crippen LogP contribution < -0.4 is 0 Å². The molecule has 1 saturated heterocycles. The maximum Gasteiger partial charge on any atom is 0.136 e. The maximum atomic E-state index is 2.34. The van der Waals surface area contributed by atoms with Crippen LogP contribution in [0.15, 0.2) is 0 Å². The fraction of sp³-hybridized carbons (Fsp3) is 1.00. The quantitative estimate of drug-likeness (QED) is 0.435. The number of quaternary nitrogens is 1. The van der Waals surface area contributed by atoms with Gasteiger partial charge in [-0.1, -0.05) is 0 Å². The largest absolute Gasteiger partial charge is 0.303 e. The van der Waals surface area contributed by atoms with Gasteiger partial charge in [-0.15, -0.1) is 0 Å². The maximum absolute atomic E-state index is 2.34. The predicted molar refractivity (Wildman–Crippen MR) is 42.2 cm³/mol. The van der Waals surface area contributed by atoms with Gasteiger partial charge in [-0.25, -0.2) is 9.80 Å². The molecular formula is C7H18N3+. The van der Waals surface area contributed by atoms with E-state index in [-0.39, 0.29) is 0 Å². The average Bonchev–Trinajstić information content (AvgIpc) is 1.54. The van der Waals surface area contributed by atoms with Gasteiger partial charge < -0.3 is 4.48 Å². The van der Waals surface area contributed by atoms with Crippen LogP contribution in [0.5, 0.6) is 0 Å². The van der Waals surface area contributed by atoms with Gasteiger partial charge in [-0.2, -0.15) is 0 Å². The topological polar surface area (TPSA) is 6.48 Å². The highest BCUT2D eigenvalue weighted by atomic mass is 15.5.